The number of benzene rings is 1. The Bertz CT molecular complexity index is 1480. The summed E-state index contributed by atoms with van der Waals surface area (Å²) in [5.41, 5.74) is 2.88. The van der Waals surface area contributed by atoms with Crippen molar-refractivity contribution in [3.05, 3.63) is 53.3 Å². The van der Waals surface area contributed by atoms with Gasteiger partial charge in [0, 0.05) is 41.7 Å². The summed E-state index contributed by atoms with van der Waals surface area (Å²) in [5, 5.41) is 11.0. The number of nitrogens with zero attached hydrogens (tertiary/aromatic N) is 5. The van der Waals surface area contributed by atoms with Crippen LogP contribution < -0.4 is 9.64 Å². The highest BCUT2D eigenvalue weighted by atomic mass is 16.5. The Morgan fingerprint density at radius 3 is 2.42 bits per heavy atom. The fraction of sp³-hybridized carbons (Fsp3) is 0.500. The second-order valence-corrected chi connectivity index (χ2v) is 12.5. The molecule has 1 saturated heterocycles. The van der Waals surface area contributed by atoms with Gasteiger partial charge in [0.25, 0.3) is 5.91 Å². The molecular formula is C32H41N5O3. The number of hydrogen-bond donors (Lipinski definition) is 0. The fourth-order valence-corrected chi connectivity index (χ4v) is 5.77. The standard InChI is InChI=1S/C32H41N5O3/c1-20(2)32(6,7)30(39)37-15-14-23(16-31(37,4)5)25-18-35(8)28-27(25)21(3)26(17-34-28)36(19-33)29(38)22-10-12-24(40-9)13-11-22/h10-13,17-18,20,23H,14-16H2,1-9H3/t23-/m1/s1. The molecule has 40 heavy (non-hydrogen) atoms. The predicted octanol–water partition coefficient (Wildman–Crippen LogP) is 6.19. The number of hydrogen-bond acceptors (Lipinski definition) is 5. The molecule has 1 aliphatic heterocycles. The average Bonchev–Trinajstić information content (AvgIpc) is 3.26. The summed E-state index contributed by atoms with van der Waals surface area (Å²) in [6.07, 6.45) is 7.43. The molecule has 8 nitrogen and oxygen atoms in total. The van der Waals surface area contributed by atoms with Crippen LogP contribution in [0, 0.1) is 29.7 Å². The highest BCUT2D eigenvalue weighted by molar-refractivity contribution is 6.09. The Morgan fingerprint density at radius 1 is 1.23 bits per heavy atom. The second-order valence-electron chi connectivity index (χ2n) is 12.5. The minimum atomic E-state index is -0.434. The molecule has 1 aliphatic rings. The number of likely N-dealkylation sites (tertiary alicyclic amines) is 1. The van der Waals surface area contributed by atoms with Crippen molar-refractivity contribution in [3.63, 3.8) is 0 Å². The number of carbonyl (C=O) groups is 2. The smallest absolute Gasteiger partial charge is 0.271 e. The van der Waals surface area contributed by atoms with E-state index in [1.807, 2.05) is 32.4 Å². The van der Waals surface area contributed by atoms with Crippen molar-refractivity contribution < 1.29 is 14.3 Å². The van der Waals surface area contributed by atoms with Crippen molar-refractivity contribution in [2.24, 2.45) is 18.4 Å². The molecule has 0 spiro atoms. The minimum absolute atomic E-state index is 0.200. The first kappa shape index (κ1) is 29.1. The Morgan fingerprint density at radius 2 is 1.88 bits per heavy atom. The molecule has 2 amide bonds. The molecule has 0 saturated carbocycles. The second kappa shape index (κ2) is 10.6. The van der Waals surface area contributed by atoms with E-state index in [0.717, 1.165) is 39.9 Å². The van der Waals surface area contributed by atoms with Crippen LogP contribution in [-0.2, 0) is 11.8 Å². The van der Waals surface area contributed by atoms with E-state index in [4.69, 9.17) is 9.72 Å². The van der Waals surface area contributed by atoms with Crippen LogP contribution in [0.25, 0.3) is 11.0 Å². The molecule has 0 bridgehead atoms. The summed E-state index contributed by atoms with van der Waals surface area (Å²) >= 11 is 0. The maximum atomic E-state index is 13.6. The summed E-state index contributed by atoms with van der Waals surface area (Å²) in [6.45, 7) is 15.2. The molecule has 1 fully saturated rings. The Labute approximate surface area is 237 Å². The summed E-state index contributed by atoms with van der Waals surface area (Å²) in [5.74, 6) is 0.853. The molecule has 3 aromatic rings. The largest absolute Gasteiger partial charge is 0.497 e. The zero-order valence-electron chi connectivity index (χ0n) is 25.2. The number of anilines is 1. The van der Waals surface area contributed by atoms with Crippen LogP contribution in [0.2, 0.25) is 0 Å². The number of piperidine rings is 1. The van der Waals surface area contributed by atoms with E-state index in [0.29, 0.717) is 23.5 Å². The molecule has 1 aromatic carbocycles. The zero-order chi connectivity index (χ0) is 29.6. The lowest BCUT2D eigenvalue weighted by molar-refractivity contribution is -0.150. The first-order chi connectivity index (χ1) is 18.7. The number of methoxy groups -OCH3 is 1. The molecule has 8 heteroatoms. The van der Waals surface area contributed by atoms with Gasteiger partial charge in [0.15, 0.2) is 6.19 Å². The van der Waals surface area contributed by atoms with Gasteiger partial charge in [-0.3, -0.25) is 9.59 Å². The van der Waals surface area contributed by atoms with Crippen LogP contribution in [0.15, 0.2) is 36.7 Å². The lowest BCUT2D eigenvalue weighted by atomic mass is 9.74. The van der Waals surface area contributed by atoms with Gasteiger partial charge in [-0.1, -0.05) is 27.7 Å². The van der Waals surface area contributed by atoms with E-state index in [9.17, 15) is 14.9 Å². The number of aromatic nitrogens is 2. The highest BCUT2D eigenvalue weighted by Gasteiger charge is 2.44. The van der Waals surface area contributed by atoms with Crippen molar-refractivity contribution >= 4 is 28.5 Å². The van der Waals surface area contributed by atoms with Gasteiger partial charge >= 0.3 is 0 Å². The van der Waals surface area contributed by atoms with E-state index < -0.39 is 11.3 Å². The topological polar surface area (TPSA) is 91.5 Å². The normalized spacial score (nSPS) is 17.1. The number of nitriles is 1. The lowest BCUT2D eigenvalue weighted by Gasteiger charge is -2.49. The minimum Gasteiger partial charge on any atom is -0.497 e. The van der Waals surface area contributed by atoms with Gasteiger partial charge in [0.1, 0.15) is 11.4 Å². The third kappa shape index (κ3) is 4.94. The van der Waals surface area contributed by atoms with E-state index >= 15 is 0 Å². The quantitative estimate of drug-likeness (QED) is 0.273. The Hall–Kier alpha value is -3.86. The predicted molar refractivity (Wildman–Crippen MR) is 157 cm³/mol. The highest BCUT2D eigenvalue weighted by Crippen LogP contribution is 2.44. The van der Waals surface area contributed by atoms with Crippen molar-refractivity contribution in [2.45, 2.75) is 72.8 Å². The molecule has 212 valence electrons. The van der Waals surface area contributed by atoms with Crippen molar-refractivity contribution in [1.29, 1.82) is 5.26 Å². The van der Waals surface area contributed by atoms with Crippen molar-refractivity contribution in [1.82, 2.24) is 14.5 Å². The maximum Gasteiger partial charge on any atom is 0.271 e. The molecule has 0 unspecified atom stereocenters. The van der Waals surface area contributed by atoms with Gasteiger partial charge in [-0.15, -0.1) is 0 Å². The number of aryl methyl sites for hydroxylation is 2. The molecule has 0 aliphatic carbocycles. The molecule has 0 N–H and O–H groups in total. The number of ether oxygens (including phenoxy) is 1. The summed E-state index contributed by atoms with van der Waals surface area (Å²) < 4.78 is 7.21. The van der Waals surface area contributed by atoms with Crippen molar-refractivity contribution in [2.75, 3.05) is 18.6 Å². The summed E-state index contributed by atoms with van der Waals surface area (Å²) in [6, 6.07) is 6.71. The number of rotatable bonds is 6. The SMILES string of the molecule is COc1ccc(C(=O)N(C#N)c2cnc3c(c([C@@H]4CCN(C(=O)C(C)(C)C(C)C)C(C)(C)C4)cn3C)c2C)cc1. The Balaban J connectivity index is 1.70. The van der Waals surface area contributed by atoms with E-state index in [2.05, 4.69) is 45.0 Å². The maximum absolute atomic E-state index is 13.6. The van der Waals surface area contributed by atoms with Crippen LogP contribution >= 0.6 is 0 Å². The fourth-order valence-electron chi connectivity index (χ4n) is 5.77. The summed E-state index contributed by atoms with van der Waals surface area (Å²) in [7, 11) is 3.53. The molecule has 2 aromatic heterocycles. The number of amides is 2. The van der Waals surface area contributed by atoms with Gasteiger partial charge in [0.05, 0.1) is 19.0 Å². The first-order valence-corrected chi connectivity index (χ1v) is 13.9. The van der Waals surface area contributed by atoms with Gasteiger partial charge < -0.3 is 14.2 Å². The van der Waals surface area contributed by atoms with Gasteiger partial charge in [-0.25, -0.2) is 9.88 Å². The number of carbonyl (C=O) groups excluding carboxylic acids is 2. The van der Waals surface area contributed by atoms with Crippen LogP contribution in [0.5, 0.6) is 5.75 Å². The van der Waals surface area contributed by atoms with E-state index in [1.54, 1.807) is 37.6 Å². The third-order valence-corrected chi connectivity index (χ3v) is 8.99. The molecular weight excluding hydrogens is 502 g/mol. The van der Waals surface area contributed by atoms with Crippen LogP contribution in [0.1, 0.15) is 81.8 Å². The van der Waals surface area contributed by atoms with Gasteiger partial charge in [0.2, 0.25) is 5.91 Å². The number of pyridine rings is 1. The number of fused-ring (bicyclic) bond motifs is 1. The van der Waals surface area contributed by atoms with E-state index in [-0.39, 0.29) is 23.3 Å². The molecule has 1 atom stereocenters. The van der Waals surface area contributed by atoms with E-state index in [1.165, 1.54) is 0 Å². The van der Waals surface area contributed by atoms with Crippen LogP contribution in [-0.4, -0.2) is 45.5 Å². The zero-order valence-corrected chi connectivity index (χ0v) is 25.2. The molecule has 4 rings (SSSR count). The lowest BCUT2D eigenvalue weighted by Crippen LogP contribution is -2.56. The van der Waals surface area contributed by atoms with Gasteiger partial charge in [-0.2, -0.15) is 5.26 Å². The van der Waals surface area contributed by atoms with Crippen LogP contribution in [0.3, 0.4) is 0 Å². The third-order valence-electron chi connectivity index (χ3n) is 8.99. The molecule has 0 radical (unpaired) electrons. The van der Waals surface area contributed by atoms with Crippen LogP contribution in [0.4, 0.5) is 5.69 Å². The first-order valence-electron chi connectivity index (χ1n) is 13.9. The average molecular weight is 544 g/mol. The molecule has 3 heterocycles. The monoisotopic (exact) mass is 543 g/mol. The Kier molecular flexibility index (Phi) is 7.72. The van der Waals surface area contributed by atoms with Gasteiger partial charge in [-0.05, 0) is 80.8 Å². The van der Waals surface area contributed by atoms with Crippen molar-refractivity contribution in [3.8, 4) is 11.9 Å². The summed E-state index contributed by atoms with van der Waals surface area (Å²) in [4.78, 5) is 34.8.